The molecular formula is C23H25NO3. The fourth-order valence-corrected chi connectivity index (χ4v) is 4.14. The van der Waals surface area contributed by atoms with Crippen LogP contribution in [0.5, 0.6) is 5.75 Å². The van der Waals surface area contributed by atoms with Crippen LogP contribution in [0.4, 0.5) is 0 Å². The van der Waals surface area contributed by atoms with Crippen LogP contribution < -0.4 is 15.6 Å². The van der Waals surface area contributed by atoms with Gasteiger partial charge in [0.15, 0.2) is 0 Å². The smallest absolute Gasteiger partial charge is 0.340 e. The van der Waals surface area contributed by atoms with Crippen molar-refractivity contribution < 1.29 is 14.4 Å². The van der Waals surface area contributed by atoms with Crippen LogP contribution >= 0.6 is 0 Å². The molecule has 1 aliphatic rings. The Morgan fingerprint density at radius 3 is 2.48 bits per heavy atom. The second-order valence-electron chi connectivity index (χ2n) is 7.56. The van der Waals surface area contributed by atoms with Crippen molar-refractivity contribution in [2.45, 2.75) is 39.2 Å². The molecule has 1 saturated heterocycles. The molecule has 4 rings (SSSR count). The molecule has 1 fully saturated rings. The van der Waals surface area contributed by atoms with Gasteiger partial charge in [0, 0.05) is 22.9 Å². The molecule has 4 heteroatoms. The van der Waals surface area contributed by atoms with E-state index in [2.05, 4.69) is 0 Å². The molecular weight excluding hydrogens is 338 g/mol. The summed E-state index contributed by atoms with van der Waals surface area (Å²) in [6.45, 7) is 4.74. The SMILES string of the molecule is Cc1c(Cc2ccccc2)c(=O)oc2c(C[NH+]3CCCCC3)c([O-])ccc12. The van der Waals surface area contributed by atoms with Crippen molar-refractivity contribution in [2.24, 2.45) is 0 Å². The Labute approximate surface area is 159 Å². The van der Waals surface area contributed by atoms with Crippen LogP contribution in [0, 0.1) is 6.92 Å². The molecule has 2 aromatic carbocycles. The molecule has 3 aromatic rings. The maximum Gasteiger partial charge on any atom is 0.340 e. The molecule has 140 valence electrons. The van der Waals surface area contributed by atoms with E-state index in [0.29, 0.717) is 29.7 Å². The average Bonchev–Trinajstić information content (AvgIpc) is 2.69. The van der Waals surface area contributed by atoms with Gasteiger partial charge in [-0.1, -0.05) is 48.2 Å². The van der Waals surface area contributed by atoms with Crippen LogP contribution in [0.25, 0.3) is 11.0 Å². The minimum Gasteiger partial charge on any atom is -0.872 e. The van der Waals surface area contributed by atoms with Gasteiger partial charge in [0.05, 0.1) is 13.1 Å². The van der Waals surface area contributed by atoms with Gasteiger partial charge in [-0.25, -0.2) is 4.79 Å². The first-order valence-electron chi connectivity index (χ1n) is 9.76. The zero-order valence-corrected chi connectivity index (χ0v) is 15.7. The van der Waals surface area contributed by atoms with Crippen LogP contribution in [0.2, 0.25) is 0 Å². The molecule has 0 unspecified atom stereocenters. The molecule has 0 bridgehead atoms. The predicted molar refractivity (Wildman–Crippen MR) is 104 cm³/mol. The zero-order chi connectivity index (χ0) is 18.8. The molecule has 0 amide bonds. The molecule has 0 spiro atoms. The van der Waals surface area contributed by atoms with Gasteiger partial charge in [-0.2, -0.15) is 0 Å². The third kappa shape index (κ3) is 3.62. The minimum absolute atomic E-state index is 0.0288. The first-order chi connectivity index (χ1) is 13.1. The van der Waals surface area contributed by atoms with E-state index in [1.165, 1.54) is 24.2 Å². The van der Waals surface area contributed by atoms with Crippen molar-refractivity contribution in [3.8, 4) is 5.75 Å². The summed E-state index contributed by atoms with van der Waals surface area (Å²) >= 11 is 0. The quantitative estimate of drug-likeness (QED) is 0.724. The largest absolute Gasteiger partial charge is 0.872 e. The number of likely N-dealkylation sites (tertiary alicyclic amines) is 1. The Balaban J connectivity index is 1.77. The van der Waals surface area contributed by atoms with Gasteiger partial charge in [-0.3, -0.25) is 0 Å². The third-order valence-corrected chi connectivity index (χ3v) is 5.73. The molecule has 0 aliphatic carbocycles. The maximum absolute atomic E-state index is 12.7. The number of quaternary nitrogens is 1. The van der Waals surface area contributed by atoms with Gasteiger partial charge in [-0.05, 0) is 37.3 Å². The number of hydrogen-bond acceptors (Lipinski definition) is 3. The molecule has 1 aromatic heterocycles. The second-order valence-corrected chi connectivity index (χ2v) is 7.56. The maximum atomic E-state index is 12.7. The summed E-state index contributed by atoms with van der Waals surface area (Å²) in [6.07, 6.45) is 4.19. The summed E-state index contributed by atoms with van der Waals surface area (Å²) in [5.74, 6) is -0.0288. The number of piperidine rings is 1. The lowest BCUT2D eigenvalue weighted by atomic mass is 9.98. The number of nitrogens with one attached hydrogen (secondary N) is 1. The van der Waals surface area contributed by atoms with Gasteiger partial charge >= 0.3 is 5.63 Å². The summed E-state index contributed by atoms with van der Waals surface area (Å²) in [5, 5.41) is 13.4. The number of benzene rings is 2. The number of hydrogen-bond donors (Lipinski definition) is 1. The Morgan fingerprint density at radius 1 is 1.00 bits per heavy atom. The lowest BCUT2D eigenvalue weighted by Crippen LogP contribution is -3.11. The van der Waals surface area contributed by atoms with Crippen LogP contribution in [0.15, 0.2) is 51.7 Å². The van der Waals surface area contributed by atoms with E-state index < -0.39 is 0 Å². The molecule has 1 N–H and O–H groups in total. The van der Waals surface area contributed by atoms with E-state index in [-0.39, 0.29) is 11.4 Å². The van der Waals surface area contributed by atoms with Crippen molar-refractivity contribution >= 4 is 11.0 Å². The monoisotopic (exact) mass is 363 g/mol. The fourth-order valence-electron chi connectivity index (χ4n) is 4.14. The van der Waals surface area contributed by atoms with Crippen molar-refractivity contribution in [1.82, 2.24) is 0 Å². The Kier molecular flexibility index (Phi) is 4.99. The first-order valence-corrected chi connectivity index (χ1v) is 9.76. The predicted octanol–water partition coefficient (Wildman–Crippen LogP) is 2.33. The minimum atomic E-state index is -0.329. The normalized spacial score (nSPS) is 15.3. The first kappa shape index (κ1) is 17.8. The van der Waals surface area contributed by atoms with E-state index in [0.717, 1.165) is 29.6 Å². The van der Waals surface area contributed by atoms with Crippen molar-refractivity contribution in [1.29, 1.82) is 0 Å². The van der Waals surface area contributed by atoms with E-state index in [1.54, 1.807) is 12.1 Å². The van der Waals surface area contributed by atoms with Gasteiger partial charge < -0.3 is 14.4 Å². The third-order valence-electron chi connectivity index (χ3n) is 5.73. The van der Waals surface area contributed by atoms with E-state index in [1.807, 2.05) is 37.3 Å². The van der Waals surface area contributed by atoms with Crippen LogP contribution in [0.1, 0.15) is 41.5 Å². The number of aryl methyl sites for hydroxylation is 1. The Bertz CT molecular complexity index is 1000. The van der Waals surface area contributed by atoms with Gasteiger partial charge in [0.25, 0.3) is 0 Å². The zero-order valence-electron chi connectivity index (χ0n) is 15.7. The van der Waals surface area contributed by atoms with Crippen LogP contribution in [-0.4, -0.2) is 13.1 Å². The van der Waals surface area contributed by atoms with Crippen molar-refractivity contribution in [3.63, 3.8) is 0 Å². The number of rotatable bonds is 4. The summed E-state index contributed by atoms with van der Waals surface area (Å²) in [5.41, 5.74) is 3.47. The Hall–Kier alpha value is -2.59. The average molecular weight is 363 g/mol. The lowest BCUT2D eigenvalue weighted by molar-refractivity contribution is -0.918. The molecule has 27 heavy (non-hydrogen) atoms. The Morgan fingerprint density at radius 2 is 1.74 bits per heavy atom. The van der Waals surface area contributed by atoms with Gasteiger partial charge in [0.1, 0.15) is 12.1 Å². The number of fused-ring (bicyclic) bond motifs is 1. The molecule has 4 nitrogen and oxygen atoms in total. The molecule has 2 heterocycles. The molecule has 0 radical (unpaired) electrons. The van der Waals surface area contributed by atoms with E-state index >= 15 is 0 Å². The summed E-state index contributed by atoms with van der Waals surface area (Å²) in [7, 11) is 0. The highest BCUT2D eigenvalue weighted by atomic mass is 16.4. The van der Waals surface area contributed by atoms with Crippen molar-refractivity contribution in [2.75, 3.05) is 13.1 Å². The van der Waals surface area contributed by atoms with E-state index in [9.17, 15) is 9.90 Å². The van der Waals surface area contributed by atoms with Gasteiger partial charge in [0.2, 0.25) is 0 Å². The molecule has 0 saturated carbocycles. The highest BCUT2D eigenvalue weighted by Crippen LogP contribution is 2.28. The highest BCUT2D eigenvalue weighted by molar-refractivity contribution is 5.85. The summed E-state index contributed by atoms with van der Waals surface area (Å²) in [6, 6.07) is 13.3. The van der Waals surface area contributed by atoms with E-state index in [4.69, 9.17) is 4.42 Å². The van der Waals surface area contributed by atoms with Crippen molar-refractivity contribution in [3.05, 3.63) is 75.1 Å². The van der Waals surface area contributed by atoms with Crippen LogP contribution in [-0.2, 0) is 13.0 Å². The fraction of sp³-hybridized carbons (Fsp3) is 0.348. The standard InChI is InChI=1S/C23H25NO3/c1-16-18-10-11-21(25)20(15-24-12-6-3-7-13-24)22(18)27-23(26)19(16)14-17-8-4-2-5-9-17/h2,4-5,8-11,25H,3,6-7,12-15H2,1H3. The molecule has 1 aliphatic heterocycles. The van der Waals surface area contributed by atoms with Gasteiger partial charge in [-0.15, -0.1) is 0 Å². The summed E-state index contributed by atoms with van der Waals surface area (Å²) in [4.78, 5) is 14.1. The summed E-state index contributed by atoms with van der Waals surface area (Å²) < 4.78 is 5.73. The highest BCUT2D eigenvalue weighted by Gasteiger charge is 2.19. The molecule has 0 atom stereocenters. The second kappa shape index (κ2) is 7.57. The topological polar surface area (TPSA) is 57.7 Å². The lowest BCUT2D eigenvalue weighted by Gasteiger charge is -2.26. The van der Waals surface area contributed by atoms with Crippen LogP contribution in [0.3, 0.4) is 0 Å².